The van der Waals surface area contributed by atoms with E-state index < -0.39 is 6.10 Å². The number of hydrogen-bond acceptors (Lipinski definition) is 2. The van der Waals surface area contributed by atoms with Gasteiger partial charge in [-0.25, -0.2) is 0 Å². The highest BCUT2D eigenvalue weighted by molar-refractivity contribution is 5.36. The normalized spacial score (nSPS) is 19.0. The molecule has 1 heterocycles. The second-order valence-electron chi connectivity index (χ2n) is 6.15. The van der Waals surface area contributed by atoms with Crippen LogP contribution in [0.5, 0.6) is 5.75 Å². The summed E-state index contributed by atoms with van der Waals surface area (Å²) in [6, 6.07) is 16.4. The lowest BCUT2D eigenvalue weighted by atomic mass is 9.88. The fourth-order valence-electron chi connectivity index (χ4n) is 2.90. The first-order chi connectivity index (χ1) is 10.1. The molecular formula is C19H22O2. The summed E-state index contributed by atoms with van der Waals surface area (Å²) in [6.07, 6.45) is 0.392. The van der Waals surface area contributed by atoms with Gasteiger partial charge in [0.15, 0.2) is 0 Å². The van der Waals surface area contributed by atoms with Crippen LogP contribution in [0.15, 0.2) is 48.5 Å². The van der Waals surface area contributed by atoms with Gasteiger partial charge < -0.3 is 9.84 Å². The van der Waals surface area contributed by atoms with Crippen LogP contribution in [-0.2, 0) is 6.42 Å². The van der Waals surface area contributed by atoms with E-state index in [1.54, 1.807) is 0 Å². The van der Waals surface area contributed by atoms with Crippen molar-refractivity contribution in [1.29, 1.82) is 0 Å². The van der Waals surface area contributed by atoms with Crippen LogP contribution in [0.3, 0.4) is 0 Å². The molecule has 0 aliphatic carbocycles. The van der Waals surface area contributed by atoms with Crippen molar-refractivity contribution in [3.05, 3.63) is 65.2 Å². The molecule has 0 saturated heterocycles. The average molecular weight is 282 g/mol. The zero-order valence-electron chi connectivity index (χ0n) is 12.6. The van der Waals surface area contributed by atoms with Gasteiger partial charge in [0, 0.05) is 5.92 Å². The number of fused-ring (bicyclic) bond motifs is 1. The number of benzene rings is 2. The van der Waals surface area contributed by atoms with Gasteiger partial charge >= 0.3 is 0 Å². The fourth-order valence-corrected chi connectivity index (χ4v) is 2.90. The zero-order valence-corrected chi connectivity index (χ0v) is 12.6. The predicted molar refractivity (Wildman–Crippen MR) is 84.6 cm³/mol. The first-order valence-electron chi connectivity index (χ1n) is 7.64. The first kappa shape index (κ1) is 14.2. The molecule has 1 N–H and O–H groups in total. The lowest BCUT2D eigenvalue weighted by Gasteiger charge is -2.29. The zero-order chi connectivity index (χ0) is 14.8. The molecule has 0 fully saturated rings. The molecule has 2 aromatic carbocycles. The summed E-state index contributed by atoms with van der Waals surface area (Å²) in [7, 11) is 0. The van der Waals surface area contributed by atoms with Crippen LogP contribution in [0.4, 0.5) is 0 Å². The molecule has 0 saturated carbocycles. The average Bonchev–Trinajstić information content (AvgIpc) is 2.54. The summed E-state index contributed by atoms with van der Waals surface area (Å²) >= 11 is 0. The summed E-state index contributed by atoms with van der Waals surface area (Å²) in [4.78, 5) is 0. The third-order valence-electron chi connectivity index (χ3n) is 4.30. The largest absolute Gasteiger partial charge is 0.493 e. The third kappa shape index (κ3) is 2.96. The van der Waals surface area contributed by atoms with Gasteiger partial charge in [0.25, 0.3) is 0 Å². The van der Waals surface area contributed by atoms with Crippen molar-refractivity contribution >= 4 is 0 Å². The van der Waals surface area contributed by atoms with E-state index in [9.17, 15) is 5.11 Å². The first-order valence-corrected chi connectivity index (χ1v) is 7.64. The smallest absolute Gasteiger partial charge is 0.122 e. The van der Waals surface area contributed by atoms with Gasteiger partial charge in [-0.15, -0.1) is 0 Å². The summed E-state index contributed by atoms with van der Waals surface area (Å²) in [6.45, 7) is 4.93. The third-order valence-corrected chi connectivity index (χ3v) is 4.30. The van der Waals surface area contributed by atoms with Gasteiger partial charge in [-0.3, -0.25) is 0 Å². The fraction of sp³-hybridized carbons (Fsp3) is 0.368. The molecule has 0 aromatic heterocycles. The Balaban J connectivity index is 1.75. The molecule has 3 rings (SSSR count). The molecule has 0 amide bonds. The molecule has 2 nitrogen and oxygen atoms in total. The maximum absolute atomic E-state index is 10.6. The molecule has 1 aliphatic rings. The minimum absolute atomic E-state index is 0.116. The molecular weight excluding hydrogens is 260 g/mol. The van der Waals surface area contributed by atoms with Crippen LogP contribution in [0.1, 0.15) is 42.6 Å². The lowest BCUT2D eigenvalue weighted by molar-refractivity contribution is 0.0645. The highest BCUT2D eigenvalue weighted by Gasteiger charge is 2.27. The van der Waals surface area contributed by atoms with E-state index in [4.69, 9.17) is 4.74 Å². The molecule has 2 unspecified atom stereocenters. The summed E-state index contributed by atoms with van der Waals surface area (Å²) in [5.41, 5.74) is 3.47. The second kappa shape index (κ2) is 5.90. The Morgan fingerprint density at radius 2 is 1.67 bits per heavy atom. The Morgan fingerprint density at radius 3 is 2.38 bits per heavy atom. The molecule has 2 aromatic rings. The SMILES string of the molecule is CC(C)c1ccc(C(O)C2COc3ccccc3C2)cc1. The second-order valence-corrected chi connectivity index (χ2v) is 6.15. The molecule has 2 heteroatoms. The van der Waals surface area contributed by atoms with Crippen molar-refractivity contribution in [1.82, 2.24) is 0 Å². The Hall–Kier alpha value is -1.80. The quantitative estimate of drug-likeness (QED) is 0.918. The number of ether oxygens (including phenoxy) is 1. The van der Waals surface area contributed by atoms with E-state index in [0.717, 1.165) is 17.7 Å². The Kier molecular flexibility index (Phi) is 3.98. The minimum Gasteiger partial charge on any atom is -0.493 e. The topological polar surface area (TPSA) is 29.5 Å². The number of aliphatic hydroxyl groups excluding tert-OH is 1. The summed E-state index contributed by atoms with van der Waals surface area (Å²) in [5.74, 6) is 1.59. The van der Waals surface area contributed by atoms with Gasteiger partial charge in [0.1, 0.15) is 5.75 Å². The maximum atomic E-state index is 10.6. The summed E-state index contributed by atoms with van der Waals surface area (Å²) < 4.78 is 5.78. The van der Waals surface area contributed by atoms with E-state index in [2.05, 4.69) is 32.0 Å². The van der Waals surface area contributed by atoms with Gasteiger partial charge in [-0.05, 0) is 35.1 Å². The molecule has 0 radical (unpaired) electrons. The van der Waals surface area contributed by atoms with E-state index in [-0.39, 0.29) is 5.92 Å². The van der Waals surface area contributed by atoms with Gasteiger partial charge in [0.2, 0.25) is 0 Å². The lowest BCUT2D eigenvalue weighted by Crippen LogP contribution is -2.26. The van der Waals surface area contributed by atoms with Crippen molar-refractivity contribution in [2.45, 2.75) is 32.3 Å². The summed E-state index contributed by atoms with van der Waals surface area (Å²) in [5, 5.41) is 10.6. The van der Waals surface area contributed by atoms with E-state index in [0.29, 0.717) is 12.5 Å². The molecule has 1 aliphatic heterocycles. The number of aliphatic hydroxyl groups is 1. The van der Waals surface area contributed by atoms with Gasteiger partial charge in [0.05, 0.1) is 12.7 Å². The van der Waals surface area contributed by atoms with Crippen molar-refractivity contribution in [3.63, 3.8) is 0 Å². The predicted octanol–water partition coefficient (Wildman–Crippen LogP) is 4.09. The van der Waals surface area contributed by atoms with Crippen molar-refractivity contribution < 1.29 is 9.84 Å². The Morgan fingerprint density at radius 1 is 1.00 bits per heavy atom. The van der Waals surface area contributed by atoms with Crippen LogP contribution in [0.2, 0.25) is 0 Å². The number of rotatable bonds is 3. The highest BCUT2D eigenvalue weighted by atomic mass is 16.5. The van der Waals surface area contributed by atoms with Crippen LogP contribution in [0.25, 0.3) is 0 Å². The molecule has 2 atom stereocenters. The van der Waals surface area contributed by atoms with E-state index in [1.165, 1.54) is 11.1 Å². The number of para-hydroxylation sites is 1. The Labute approximate surface area is 126 Å². The van der Waals surface area contributed by atoms with E-state index in [1.807, 2.05) is 30.3 Å². The van der Waals surface area contributed by atoms with Gasteiger partial charge in [-0.1, -0.05) is 56.3 Å². The maximum Gasteiger partial charge on any atom is 0.122 e. The van der Waals surface area contributed by atoms with Crippen molar-refractivity contribution in [3.8, 4) is 5.75 Å². The van der Waals surface area contributed by atoms with E-state index >= 15 is 0 Å². The molecule has 0 spiro atoms. The molecule has 0 bridgehead atoms. The monoisotopic (exact) mass is 282 g/mol. The van der Waals surface area contributed by atoms with Crippen LogP contribution >= 0.6 is 0 Å². The van der Waals surface area contributed by atoms with Gasteiger partial charge in [-0.2, -0.15) is 0 Å². The molecule has 21 heavy (non-hydrogen) atoms. The van der Waals surface area contributed by atoms with Crippen LogP contribution < -0.4 is 4.74 Å². The highest BCUT2D eigenvalue weighted by Crippen LogP contribution is 2.33. The standard InChI is InChI=1S/C19H22O2/c1-13(2)14-7-9-15(10-8-14)19(20)17-11-16-5-3-4-6-18(16)21-12-17/h3-10,13,17,19-20H,11-12H2,1-2H3. The van der Waals surface area contributed by atoms with Crippen molar-refractivity contribution in [2.75, 3.05) is 6.61 Å². The number of hydrogen-bond donors (Lipinski definition) is 1. The van der Waals surface area contributed by atoms with Crippen LogP contribution in [-0.4, -0.2) is 11.7 Å². The Bertz CT molecular complexity index is 601. The minimum atomic E-state index is -0.473. The van der Waals surface area contributed by atoms with Crippen LogP contribution in [0, 0.1) is 5.92 Å². The van der Waals surface area contributed by atoms with Crippen molar-refractivity contribution in [2.24, 2.45) is 5.92 Å². The molecule has 110 valence electrons.